The van der Waals surface area contributed by atoms with Crippen molar-refractivity contribution in [3.8, 4) is 11.5 Å². The molecule has 0 spiro atoms. The van der Waals surface area contributed by atoms with Crippen LogP contribution in [0.4, 0.5) is 0 Å². The molecule has 0 saturated carbocycles. The number of carboxylic acid groups (broad SMARTS) is 1. The molecule has 6 heteroatoms. The molecule has 2 aromatic carbocycles. The Morgan fingerprint density at radius 3 is 2.75 bits per heavy atom. The maximum Gasteiger partial charge on any atom is 0.352 e. The van der Waals surface area contributed by atoms with Gasteiger partial charge in [0.2, 0.25) is 6.79 Å². The minimum Gasteiger partial charge on any atom is -0.477 e. The van der Waals surface area contributed by atoms with Crippen molar-refractivity contribution in [1.29, 1.82) is 0 Å². The molecule has 2 heterocycles. The number of benzene rings is 2. The van der Waals surface area contributed by atoms with Crippen molar-refractivity contribution < 1.29 is 19.4 Å². The van der Waals surface area contributed by atoms with E-state index in [-0.39, 0.29) is 29.9 Å². The van der Waals surface area contributed by atoms with E-state index in [1.807, 2.05) is 0 Å². The number of rotatable bonds is 3. The van der Waals surface area contributed by atoms with Crippen LogP contribution >= 0.6 is 0 Å². The highest BCUT2D eigenvalue weighted by molar-refractivity contribution is 5.91. The Labute approximate surface area is 136 Å². The highest BCUT2D eigenvalue weighted by Crippen LogP contribution is 2.33. The monoisotopic (exact) mass is 323 g/mol. The van der Waals surface area contributed by atoms with Gasteiger partial charge in [0.1, 0.15) is 5.69 Å². The molecule has 24 heavy (non-hydrogen) atoms. The zero-order valence-electron chi connectivity index (χ0n) is 12.5. The number of ether oxygens (including phenoxy) is 2. The van der Waals surface area contributed by atoms with Gasteiger partial charge < -0.3 is 19.6 Å². The quantitative estimate of drug-likeness (QED) is 0.773. The van der Waals surface area contributed by atoms with Crippen LogP contribution < -0.4 is 14.9 Å². The topological polar surface area (TPSA) is 88.6 Å². The smallest absolute Gasteiger partial charge is 0.352 e. The summed E-state index contributed by atoms with van der Waals surface area (Å²) in [5.74, 6) is 0.0832. The van der Waals surface area contributed by atoms with Crippen LogP contribution in [0.15, 0.2) is 47.3 Å². The molecule has 0 fully saturated rings. The predicted octanol–water partition coefficient (Wildman–Crippen LogP) is 2.55. The zero-order chi connectivity index (χ0) is 16.7. The zero-order valence-corrected chi connectivity index (χ0v) is 12.5. The standard InChI is InChI=1S/C18H13NO5/c20-17-11-3-1-2-4-13(11)19-16(18(21)22)12(17)7-10-5-6-14-15(8-10)24-9-23-14/h1-6,8H,7,9H2,(H,19,20)(H,21,22). The minimum atomic E-state index is -1.16. The largest absolute Gasteiger partial charge is 0.477 e. The molecule has 4 rings (SSSR count). The molecule has 6 nitrogen and oxygen atoms in total. The fourth-order valence-corrected chi connectivity index (χ4v) is 2.88. The van der Waals surface area contributed by atoms with E-state index >= 15 is 0 Å². The fourth-order valence-electron chi connectivity index (χ4n) is 2.88. The minimum absolute atomic E-state index is 0.0867. The van der Waals surface area contributed by atoms with Gasteiger partial charge in [-0.3, -0.25) is 4.79 Å². The fraction of sp³-hybridized carbons (Fsp3) is 0.111. The summed E-state index contributed by atoms with van der Waals surface area (Å²) in [4.78, 5) is 27.2. The first-order valence-corrected chi connectivity index (χ1v) is 7.39. The average Bonchev–Trinajstić information content (AvgIpc) is 3.05. The van der Waals surface area contributed by atoms with Crippen molar-refractivity contribution in [2.24, 2.45) is 0 Å². The van der Waals surface area contributed by atoms with E-state index in [4.69, 9.17) is 9.47 Å². The Hall–Kier alpha value is -3.28. The third kappa shape index (κ3) is 2.28. The van der Waals surface area contributed by atoms with Gasteiger partial charge in [0.15, 0.2) is 16.9 Å². The Morgan fingerprint density at radius 2 is 1.92 bits per heavy atom. The van der Waals surface area contributed by atoms with Crippen LogP contribution in [0.3, 0.4) is 0 Å². The van der Waals surface area contributed by atoms with E-state index < -0.39 is 5.97 Å². The van der Waals surface area contributed by atoms with Gasteiger partial charge >= 0.3 is 5.97 Å². The third-order valence-electron chi connectivity index (χ3n) is 4.04. The van der Waals surface area contributed by atoms with Gasteiger partial charge in [0.25, 0.3) is 0 Å². The molecule has 0 bridgehead atoms. The van der Waals surface area contributed by atoms with Crippen molar-refractivity contribution in [3.05, 3.63) is 69.5 Å². The Bertz CT molecular complexity index is 1020. The third-order valence-corrected chi connectivity index (χ3v) is 4.04. The maximum absolute atomic E-state index is 12.8. The molecule has 0 unspecified atom stereocenters. The van der Waals surface area contributed by atoms with E-state index in [9.17, 15) is 14.7 Å². The Kier molecular flexibility index (Phi) is 3.23. The van der Waals surface area contributed by atoms with E-state index in [0.29, 0.717) is 22.4 Å². The van der Waals surface area contributed by atoms with E-state index in [0.717, 1.165) is 5.56 Å². The molecule has 0 saturated heterocycles. The molecule has 120 valence electrons. The lowest BCUT2D eigenvalue weighted by atomic mass is 10.00. The number of fused-ring (bicyclic) bond motifs is 2. The number of hydrogen-bond donors (Lipinski definition) is 2. The molecule has 0 aliphatic carbocycles. The number of aromatic carboxylic acids is 1. The first kappa shape index (κ1) is 14.3. The number of nitrogens with one attached hydrogen (secondary N) is 1. The molecule has 3 aromatic rings. The summed E-state index contributed by atoms with van der Waals surface area (Å²) >= 11 is 0. The lowest BCUT2D eigenvalue weighted by molar-refractivity contribution is 0.0689. The van der Waals surface area contributed by atoms with Crippen LogP contribution in [0.5, 0.6) is 11.5 Å². The van der Waals surface area contributed by atoms with Gasteiger partial charge in [0.05, 0.1) is 0 Å². The second kappa shape index (κ2) is 5.42. The van der Waals surface area contributed by atoms with Gasteiger partial charge in [-0.25, -0.2) is 4.79 Å². The summed E-state index contributed by atoms with van der Waals surface area (Å²) in [6.07, 6.45) is 0.193. The van der Waals surface area contributed by atoms with Crippen molar-refractivity contribution in [3.63, 3.8) is 0 Å². The average molecular weight is 323 g/mol. The van der Waals surface area contributed by atoms with E-state index in [2.05, 4.69) is 4.98 Å². The summed E-state index contributed by atoms with van der Waals surface area (Å²) in [6, 6.07) is 12.2. The molecule has 0 atom stereocenters. The lowest BCUT2D eigenvalue weighted by Crippen LogP contribution is -2.18. The number of hydrogen-bond acceptors (Lipinski definition) is 4. The van der Waals surface area contributed by atoms with Crippen LogP contribution in [0.1, 0.15) is 21.6 Å². The second-order valence-electron chi connectivity index (χ2n) is 5.52. The van der Waals surface area contributed by atoms with Crippen molar-refractivity contribution in [1.82, 2.24) is 4.98 Å². The van der Waals surface area contributed by atoms with Gasteiger partial charge in [-0.05, 0) is 29.8 Å². The number of pyridine rings is 1. The van der Waals surface area contributed by atoms with Crippen LogP contribution in [-0.4, -0.2) is 22.9 Å². The molecular formula is C18H13NO5. The number of carboxylic acids is 1. The number of H-pyrrole nitrogens is 1. The number of aromatic nitrogens is 1. The van der Waals surface area contributed by atoms with Gasteiger partial charge in [0, 0.05) is 22.9 Å². The van der Waals surface area contributed by atoms with E-state index in [1.165, 1.54) is 0 Å². The van der Waals surface area contributed by atoms with Crippen molar-refractivity contribution >= 4 is 16.9 Å². The first-order valence-electron chi connectivity index (χ1n) is 7.39. The van der Waals surface area contributed by atoms with Crippen molar-refractivity contribution in [2.45, 2.75) is 6.42 Å². The second-order valence-corrected chi connectivity index (χ2v) is 5.52. The number of aromatic amines is 1. The molecule has 1 aliphatic rings. The summed E-state index contributed by atoms with van der Waals surface area (Å²) < 4.78 is 10.6. The number of para-hydroxylation sites is 1. The highest BCUT2D eigenvalue weighted by Gasteiger charge is 2.19. The van der Waals surface area contributed by atoms with Crippen LogP contribution in [-0.2, 0) is 6.42 Å². The summed E-state index contributed by atoms with van der Waals surface area (Å²) in [5.41, 5.74) is 1.15. The summed E-state index contributed by atoms with van der Waals surface area (Å²) in [6.45, 7) is 0.162. The highest BCUT2D eigenvalue weighted by atomic mass is 16.7. The molecule has 1 aromatic heterocycles. The summed E-state index contributed by atoms with van der Waals surface area (Å²) in [7, 11) is 0. The SMILES string of the molecule is O=C(O)c1[nH]c2ccccc2c(=O)c1Cc1ccc2c(c1)OCO2. The van der Waals surface area contributed by atoms with Crippen LogP contribution in [0.2, 0.25) is 0 Å². The molecule has 0 amide bonds. The van der Waals surface area contributed by atoms with Crippen LogP contribution in [0, 0.1) is 0 Å². The molecule has 2 N–H and O–H groups in total. The summed E-state index contributed by atoms with van der Waals surface area (Å²) in [5, 5.41) is 9.94. The maximum atomic E-state index is 12.8. The molecule has 1 aliphatic heterocycles. The van der Waals surface area contributed by atoms with Crippen molar-refractivity contribution in [2.75, 3.05) is 6.79 Å². The van der Waals surface area contributed by atoms with Gasteiger partial charge in [-0.2, -0.15) is 0 Å². The molecule has 0 radical (unpaired) electrons. The van der Waals surface area contributed by atoms with Gasteiger partial charge in [-0.1, -0.05) is 18.2 Å². The first-order chi connectivity index (χ1) is 11.6. The van der Waals surface area contributed by atoms with Crippen LogP contribution in [0.25, 0.3) is 10.9 Å². The predicted molar refractivity (Wildman–Crippen MR) is 86.9 cm³/mol. The number of carbonyl (C=O) groups is 1. The lowest BCUT2D eigenvalue weighted by Gasteiger charge is -2.09. The Balaban J connectivity index is 1.86. The Morgan fingerprint density at radius 1 is 1.12 bits per heavy atom. The van der Waals surface area contributed by atoms with Gasteiger partial charge in [-0.15, -0.1) is 0 Å². The molecular weight excluding hydrogens is 310 g/mol. The van der Waals surface area contributed by atoms with E-state index in [1.54, 1.807) is 42.5 Å². The normalized spacial score (nSPS) is 12.5.